The summed E-state index contributed by atoms with van der Waals surface area (Å²) in [7, 11) is -2.50. The molecule has 1 aromatic carbocycles. The van der Waals surface area contributed by atoms with Crippen LogP contribution in [0.4, 0.5) is 5.69 Å². The molecule has 2 rings (SSSR count). The van der Waals surface area contributed by atoms with Crippen molar-refractivity contribution in [3.63, 3.8) is 0 Å². The van der Waals surface area contributed by atoms with Crippen LogP contribution < -0.4 is 14.8 Å². The molecule has 0 bridgehead atoms. The largest absolute Gasteiger partial charge is 0.497 e. The number of hydrogen-bond acceptors (Lipinski definition) is 7. The number of likely N-dealkylation sites (N-methyl/N-ethyl adjacent to an activating group) is 1. The number of ether oxygens (including phenoxy) is 1. The van der Waals surface area contributed by atoms with Gasteiger partial charge in [0, 0.05) is 18.3 Å². The van der Waals surface area contributed by atoms with E-state index in [2.05, 4.69) is 15.2 Å². The van der Waals surface area contributed by atoms with Crippen LogP contribution in [0.15, 0.2) is 33.7 Å². The minimum Gasteiger partial charge on any atom is -0.497 e. The molecule has 0 fully saturated rings. The van der Waals surface area contributed by atoms with Crippen molar-refractivity contribution in [2.75, 3.05) is 25.5 Å². The molecule has 10 nitrogen and oxygen atoms in total. The maximum Gasteiger partial charge on any atom is 0.246 e. The molecule has 0 aliphatic rings. The zero-order chi connectivity index (χ0) is 22.5. The van der Waals surface area contributed by atoms with Crippen molar-refractivity contribution in [1.29, 1.82) is 0 Å². The highest BCUT2D eigenvalue weighted by Crippen LogP contribution is 2.19. The van der Waals surface area contributed by atoms with E-state index in [9.17, 15) is 18.0 Å². The number of carbonyl (C=O) groups excluding carboxylic acids is 2. The van der Waals surface area contributed by atoms with Gasteiger partial charge in [-0.15, -0.1) is 0 Å². The molecule has 0 aliphatic heterocycles. The van der Waals surface area contributed by atoms with Crippen LogP contribution in [-0.4, -0.2) is 56.5 Å². The molecule has 0 radical (unpaired) electrons. The molecule has 0 spiro atoms. The Morgan fingerprint density at radius 1 is 1.30 bits per heavy atom. The van der Waals surface area contributed by atoms with Crippen LogP contribution in [0.5, 0.6) is 5.75 Å². The van der Waals surface area contributed by atoms with Crippen LogP contribution in [0, 0.1) is 13.8 Å². The molecule has 30 heavy (non-hydrogen) atoms. The van der Waals surface area contributed by atoms with Crippen LogP contribution >= 0.6 is 0 Å². The summed E-state index contributed by atoms with van der Waals surface area (Å²) in [4.78, 5) is 26.3. The van der Waals surface area contributed by atoms with Crippen molar-refractivity contribution in [3.05, 3.63) is 35.7 Å². The van der Waals surface area contributed by atoms with Crippen molar-refractivity contribution >= 4 is 27.5 Å². The molecule has 0 unspecified atom stereocenters. The van der Waals surface area contributed by atoms with Crippen LogP contribution in [0.2, 0.25) is 0 Å². The Bertz CT molecular complexity index is 998. The molecule has 0 aliphatic carbocycles. The second-order valence-corrected chi connectivity index (χ2v) is 8.28. The lowest BCUT2D eigenvalue weighted by atomic mass is 10.2. The topological polar surface area (TPSA) is 131 Å². The molecule has 1 aromatic heterocycles. The third-order valence-electron chi connectivity index (χ3n) is 4.32. The van der Waals surface area contributed by atoms with E-state index in [1.165, 1.54) is 32.8 Å². The number of rotatable bonds is 9. The highest BCUT2D eigenvalue weighted by molar-refractivity contribution is 7.89. The molecule has 1 atom stereocenters. The zero-order valence-electron chi connectivity index (χ0n) is 17.6. The first-order valence-electron chi connectivity index (χ1n) is 9.27. The van der Waals surface area contributed by atoms with Crippen LogP contribution in [0.1, 0.15) is 25.3 Å². The van der Waals surface area contributed by atoms with Gasteiger partial charge in [0.2, 0.25) is 21.8 Å². The molecular weight excluding hydrogens is 412 g/mol. The standard InChI is InChI=1S/C19H26N4O6S/c1-6-23(11-17(24)20-15-8-7-9-16(10-15)28-5)19(25)13(3)22-30(26,27)18-12(2)21-29-14(18)4/h7-10,13,22H,6,11H2,1-5H3,(H,20,24)/t13-/m0/s1. The molecule has 0 saturated carbocycles. The van der Waals surface area contributed by atoms with Gasteiger partial charge in [-0.2, -0.15) is 4.72 Å². The molecule has 2 amide bonds. The van der Waals surface area contributed by atoms with Gasteiger partial charge in [-0.25, -0.2) is 8.42 Å². The van der Waals surface area contributed by atoms with Crippen molar-refractivity contribution in [2.45, 2.75) is 38.6 Å². The fourth-order valence-electron chi connectivity index (χ4n) is 2.89. The van der Waals surface area contributed by atoms with Crippen LogP contribution in [0.3, 0.4) is 0 Å². The number of anilines is 1. The monoisotopic (exact) mass is 438 g/mol. The highest BCUT2D eigenvalue weighted by Gasteiger charge is 2.30. The van der Waals surface area contributed by atoms with Crippen molar-refractivity contribution < 1.29 is 27.3 Å². The molecule has 2 aromatic rings. The van der Waals surface area contributed by atoms with E-state index in [1.54, 1.807) is 31.2 Å². The Kier molecular flexibility index (Phi) is 7.57. The predicted molar refractivity (Wildman–Crippen MR) is 110 cm³/mol. The Morgan fingerprint density at radius 2 is 2.00 bits per heavy atom. The third-order valence-corrected chi connectivity index (χ3v) is 6.10. The number of sulfonamides is 1. The first-order chi connectivity index (χ1) is 14.1. The summed E-state index contributed by atoms with van der Waals surface area (Å²) in [6.45, 7) is 6.08. The van der Waals surface area contributed by atoms with E-state index >= 15 is 0 Å². The molecule has 2 N–H and O–H groups in total. The Labute approximate surface area is 175 Å². The number of amides is 2. The summed E-state index contributed by atoms with van der Waals surface area (Å²) in [6.07, 6.45) is 0. The SMILES string of the molecule is CCN(CC(=O)Nc1cccc(OC)c1)C(=O)[C@H](C)NS(=O)(=O)c1c(C)noc1C. The lowest BCUT2D eigenvalue weighted by Gasteiger charge is -2.24. The Balaban J connectivity index is 2.04. The summed E-state index contributed by atoms with van der Waals surface area (Å²) < 4.78 is 37.6. The predicted octanol–water partition coefficient (Wildman–Crippen LogP) is 1.45. The van der Waals surface area contributed by atoms with E-state index < -0.39 is 27.9 Å². The van der Waals surface area contributed by atoms with Gasteiger partial charge < -0.3 is 19.5 Å². The average Bonchev–Trinajstić information content (AvgIpc) is 3.04. The van der Waals surface area contributed by atoms with Crippen LogP contribution in [-0.2, 0) is 19.6 Å². The number of benzene rings is 1. The quantitative estimate of drug-likeness (QED) is 0.606. The van der Waals surface area contributed by atoms with Crippen molar-refractivity contribution in [3.8, 4) is 5.75 Å². The summed E-state index contributed by atoms with van der Waals surface area (Å²) in [5.74, 6) is -0.240. The fraction of sp³-hybridized carbons (Fsp3) is 0.421. The highest BCUT2D eigenvalue weighted by atomic mass is 32.2. The van der Waals surface area contributed by atoms with E-state index in [4.69, 9.17) is 9.26 Å². The molecular formula is C19H26N4O6S. The summed E-state index contributed by atoms with van der Waals surface area (Å²) >= 11 is 0. The zero-order valence-corrected chi connectivity index (χ0v) is 18.4. The smallest absolute Gasteiger partial charge is 0.246 e. The van der Waals surface area contributed by atoms with Gasteiger partial charge in [0.1, 0.15) is 16.3 Å². The van der Waals surface area contributed by atoms with Crippen molar-refractivity contribution in [2.24, 2.45) is 0 Å². The molecule has 11 heteroatoms. The van der Waals surface area contributed by atoms with Crippen molar-refractivity contribution in [1.82, 2.24) is 14.8 Å². The Morgan fingerprint density at radius 3 is 2.57 bits per heavy atom. The van der Waals surface area contributed by atoms with Gasteiger partial charge in [0.15, 0.2) is 5.76 Å². The average molecular weight is 439 g/mol. The second-order valence-electron chi connectivity index (χ2n) is 6.63. The Hall–Kier alpha value is -2.92. The van der Waals surface area contributed by atoms with Gasteiger partial charge in [0.25, 0.3) is 0 Å². The fourth-order valence-corrected chi connectivity index (χ4v) is 4.42. The van der Waals surface area contributed by atoms with Gasteiger partial charge in [-0.05, 0) is 39.8 Å². The first-order valence-corrected chi connectivity index (χ1v) is 10.7. The maximum atomic E-state index is 12.7. The van der Waals surface area contributed by atoms with Gasteiger partial charge in [0.05, 0.1) is 19.7 Å². The maximum absolute atomic E-state index is 12.7. The summed E-state index contributed by atoms with van der Waals surface area (Å²) in [5.41, 5.74) is 0.722. The lowest BCUT2D eigenvalue weighted by molar-refractivity contribution is -0.135. The van der Waals surface area contributed by atoms with Gasteiger partial charge in [-0.3, -0.25) is 9.59 Å². The third kappa shape index (κ3) is 5.57. The van der Waals surface area contributed by atoms with Gasteiger partial charge >= 0.3 is 0 Å². The number of aryl methyl sites for hydroxylation is 2. The summed E-state index contributed by atoms with van der Waals surface area (Å²) in [6, 6.07) is 5.72. The second kappa shape index (κ2) is 9.72. The first kappa shape index (κ1) is 23.4. The van der Waals surface area contributed by atoms with E-state index in [-0.39, 0.29) is 29.4 Å². The van der Waals surface area contributed by atoms with E-state index in [0.717, 1.165) is 0 Å². The molecule has 0 saturated heterocycles. The van der Waals surface area contributed by atoms with Gasteiger partial charge in [-0.1, -0.05) is 11.2 Å². The number of methoxy groups -OCH3 is 1. The van der Waals surface area contributed by atoms with E-state index in [0.29, 0.717) is 11.4 Å². The normalized spacial score (nSPS) is 12.3. The minimum atomic E-state index is -4.02. The van der Waals surface area contributed by atoms with Crippen LogP contribution in [0.25, 0.3) is 0 Å². The minimum absolute atomic E-state index is 0.0963. The number of carbonyl (C=O) groups is 2. The summed E-state index contributed by atoms with van der Waals surface area (Å²) in [5, 5.41) is 6.31. The molecule has 1 heterocycles. The van der Waals surface area contributed by atoms with E-state index in [1.807, 2.05) is 0 Å². The number of nitrogens with one attached hydrogen (secondary N) is 2. The lowest BCUT2D eigenvalue weighted by Crippen LogP contribution is -2.49. The number of aromatic nitrogens is 1. The number of hydrogen-bond donors (Lipinski definition) is 2. The number of nitrogens with zero attached hydrogens (tertiary/aromatic N) is 2. The molecule has 164 valence electrons.